The van der Waals surface area contributed by atoms with Crippen LogP contribution in [-0.2, 0) is 17.7 Å². The molecule has 0 unspecified atom stereocenters. The number of carbonyl (C=O) groups is 1. The minimum Gasteiger partial charge on any atom is -0.373 e. The molecule has 4 nitrogen and oxygen atoms in total. The van der Waals surface area contributed by atoms with Crippen molar-refractivity contribution >= 4 is 28.4 Å². The molecule has 1 saturated carbocycles. The fourth-order valence-corrected chi connectivity index (χ4v) is 4.16. The summed E-state index contributed by atoms with van der Waals surface area (Å²) in [6, 6.07) is 7.30. The van der Waals surface area contributed by atoms with Crippen molar-refractivity contribution in [2.45, 2.75) is 45.6 Å². The van der Waals surface area contributed by atoms with Gasteiger partial charge in [0.1, 0.15) is 12.1 Å². The molecular weight excluding hydrogens is 427 g/mol. The number of rotatable bonds is 11. The van der Waals surface area contributed by atoms with E-state index in [9.17, 15) is 4.79 Å². The van der Waals surface area contributed by atoms with Gasteiger partial charge in [-0.25, -0.2) is 9.37 Å². The topological polar surface area (TPSA) is 44.1 Å². The van der Waals surface area contributed by atoms with Crippen LogP contribution in [0.25, 0.3) is 11.0 Å². The summed E-state index contributed by atoms with van der Waals surface area (Å²) < 4.78 is 23.3. The van der Waals surface area contributed by atoms with Crippen LogP contribution in [-0.4, -0.2) is 28.5 Å². The van der Waals surface area contributed by atoms with Gasteiger partial charge in [0.15, 0.2) is 11.6 Å². The Balaban J connectivity index is 1.71. The molecule has 0 aliphatic heterocycles. The summed E-state index contributed by atoms with van der Waals surface area (Å²) in [5.41, 5.74) is 3.53. The number of halogens is 2. The van der Waals surface area contributed by atoms with E-state index in [1.165, 1.54) is 0 Å². The first kappa shape index (κ1) is 22.7. The summed E-state index contributed by atoms with van der Waals surface area (Å²) >= 11 is 6.09. The normalized spacial score (nSPS) is 13.6. The van der Waals surface area contributed by atoms with E-state index < -0.39 is 5.82 Å². The molecular formula is C26H28ClFN2O2. The first-order chi connectivity index (χ1) is 15.5. The molecule has 4 rings (SSSR count). The van der Waals surface area contributed by atoms with Crippen molar-refractivity contribution in [1.82, 2.24) is 9.55 Å². The highest BCUT2D eigenvalue weighted by molar-refractivity contribution is 6.30. The fraction of sp³-hybridized carbons (Fsp3) is 0.385. The molecule has 1 fully saturated rings. The van der Waals surface area contributed by atoms with E-state index in [0.717, 1.165) is 36.8 Å². The smallest absolute Gasteiger partial charge is 0.188 e. The summed E-state index contributed by atoms with van der Waals surface area (Å²) in [7, 11) is 0. The van der Waals surface area contributed by atoms with Gasteiger partial charge in [-0.05, 0) is 67.9 Å². The van der Waals surface area contributed by atoms with Gasteiger partial charge < -0.3 is 9.30 Å². The second-order valence-electron chi connectivity index (χ2n) is 8.58. The van der Waals surface area contributed by atoms with E-state index >= 15 is 4.39 Å². The van der Waals surface area contributed by atoms with Crippen molar-refractivity contribution in [2.75, 3.05) is 13.2 Å². The summed E-state index contributed by atoms with van der Waals surface area (Å²) in [4.78, 5) is 17.5. The highest BCUT2D eigenvalue weighted by Crippen LogP contribution is 2.30. The van der Waals surface area contributed by atoms with Crippen molar-refractivity contribution in [3.63, 3.8) is 0 Å². The Morgan fingerprint density at radius 1 is 1.38 bits per heavy atom. The average Bonchev–Trinajstić information content (AvgIpc) is 3.50. The largest absolute Gasteiger partial charge is 0.373 e. The number of ether oxygens (including phenoxy) is 1. The van der Waals surface area contributed by atoms with Gasteiger partial charge in [0.25, 0.3) is 0 Å². The van der Waals surface area contributed by atoms with Crippen LogP contribution in [0.2, 0.25) is 5.02 Å². The van der Waals surface area contributed by atoms with Gasteiger partial charge in [-0.2, -0.15) is 0 Å². The maximum absolute atomic E-state index is 15.7. The quantitative estimate of drug-likeness (QED) is 0.194. The molecule has 3 aromatic rings. The Morgan fingerprint density at radius 3 is 2.91 bits per heavy atom. The molecule has 2 aromatic carbocycles. The SMILES string of the molecule is C=CCCCn1cnc2c(F)c(Cc3ccc(Cl)cc3C)c(C(=O)COCC3CC3)cc21. The number of unbranched alkanes of at least 4 members (excludes halogenated alkanes) is 1. The van der Waals surface area contributed by atoms with Crippen molar-refractivity contribution in [3.05, 3.63) is 76.3 Å². The lowest BCUT2D eigenvalue weighted by Gasteiger charge is -2.14. The van der Waals surface area contributed by atoms with Gasteiger partial charge in [-0.15, -0.1) is 6.58 Å². The van der Waals surface area contributed by atoms with E-state index in [1.54, 1.807) is 18.5 Å². The second-order valence-corrected chi connectivity index (χ2v) is 9.02. The van der Waals surface area contributed by atoms with E-state index in [4.69, 9.17) is 16.3 Å². The van der Waals surface area contributed by atoms with Crippen molar-refractivity contribution in [2.24, 2.45) is 5.92 Å². The third kappa shape index (κ3) is 5.11. The van der Waals surface area contributed by atoms with Gasteiger partial charge in [0.05, 0.1) is 18.5 Å². The molecule has 0 bridgehead atoms. The Hall–Kier alpha value is -2.50. The molecule has 32 heavy (non-hydrogen) atoms. The minimum atomic E-state index is -0.440. The Kier molecular flexibility index (Phi) is 7.07. The summed E-state index contributed by atoms with van der Waals surface area (Å²) in [5, 5.41) is 0.630. The van der Waals surface area contributed by atoms with Crippen molar-refractivity contribution in [3.8, 4) is 0 Å². The fourth-order valence-electron chi connectivity index (χ4n) is 3.93. The predicted molar refractivity (Wildman–Crippen MR) is 126 cm³/mol. The molecule has 0 amide bonds. The van der Waals surface area contributed by atoms with E-state index in [1.807, 2.05) is 29.7 Å². The standard InChI is InChI=1S/C26H28ClFN2O2/c1-3-4-5-10-30-16-29-26-23(30)13-21(24(31)15-32-14-18-6-7-18)22(25(26)28)12-19-8-9-20(27)11-17(19)2/h3,8-9,11,13,16,18H,1,4-7,10,12,14-15H2,2H3. The lowest BCUT2D eigenvalue weighted by molar-refractivity contribution is 0.0738. The Labute approximate surface area is 193 Å². The zero-order valence-electron chi connectivity index (χ0n) is 18.4. The highest BCUT2D eigenvalue weighted by atomic mass is 35.5. The molecule has 1 aliphatic rings. The number of aromatic nitrogens is 2. The van der Waals surface area contributed by atoms with Gasteiger partial charge in [0.2, 0.25) is 0 Å². The van der Waals surface area contributed by atoms with Crippen LogP contribution in [0, 0.1) is 18.7 Å². The molecule has 0 atom stereocenters. The van der Waals surface area contributed by atoms with Gasteiger partial charge >= 0.3 is 0 Å². The molecule has 1 aliphatic carbocycles. The lowest BCUT2D eigenvalue weighted by atomic mass is 9.94. The van der Waals surface area contributed by atoms with Crippen LogP contribution in [0.1, 0.15) is 52.7 Å². The van der Waals surface area contributed by atoms with Crippen molar-refractivity contribution in [1.29, 1.82) is 0 Å². The molecule has 1 aromatic heterocycles. The van der Waals surface area contributed by atoms with Crippen LogP contribution >= 0.6 is 11.6 Å². The van der Waals surface area contributed by atoms with Crippen LogP contribution < -0.4 is 0 Å². The van der Waals surface area contributed by atoms with Gasteiger partial charge in [-0.1, -0.05) is 23.7 Å². The first-order valence-corrected chi connectivity index (χ1v) is 11.5. The molecule has 1 heterocycles. The average molecular weight is 455 g/mol. The Morgan fingerprint density at radius 2 is 2.19 bits per heavy atom. The second kappa shape index (κ2) is 9.97. The number of Topliss-reactive ketones (excluding diaryl/α,β-unsaturated/α-hetero) is 1. The number of nitrogens with zero attached hydrogens (tertiary/aromatic N) is 2. The van der Waals surface area contributed by atoms with Crippen LogP contribution in [0.15, 0.2) is 43.2 Å². The predicted octanol–water partition coefficient (Wildman–Crippen LogP) is 6.30. The molecule has 6 heteroatoms. The monoisotopic (exact) mass is 454 g/mol. The first-order valence-electron chi connectivity index (χ1n) is 11.1. The van der Waals surface area contributed by atoms with Gasteiger partial charge in [0, 0.05) is 29.1 Å². The number of imidazole rings is 1. The van der Waals surface area contributed by atoms with E-state index in [-0.39, 0.29) is 18.8 Å². The molecule has 0 N–H and O–H groups in total. The number of hydrogen-bond acceptors (Lipinski definition) is 3. The minimum absolute atomic E-state index is 0.0430. The van der Waals surface area contributed by atoms with Crippen LogP contribution in [0.5, 0.6) is 0 Å². The third-order valence-corrected chi connectivity index (χ3v) is 6.26. The maximum atomic E-state index is 15.7. The highest BCUT2D eigenvalue weighted by Gasteiger charge is 2.24. The summed E-state index contributed by atoms with van der Waals surface area (Å²) in [6.07, 6.45) is 7.83. The maximum Gasteiger partial charge on any atom is 0.188 e. The zero-order chi connectivity index (χ0) is 22.7. The van der Waals surface area contributed by atoms with Gasteiger partial charge in [-0.3, -0.25) is 4.79 Å². The number of fused-ring (bicyclic) bond motifs is 1. The molecule has 0 radical (unpaired) electrons. The zero-order valence-corrected chi connectivity index (χ0v) is 19.1. The van der Waals surface area contributed by atoms with Crippen LogP contribution in [0.3, 0.4) is 0 Å². The summed E-state index contributed by atoms with van der Waals surface area (Å²) in [6.45, 7) is 6.91. The lowest BCUT2D eigenvalue weighted by Crippen LogP contribution is -2.15. The Bertz CT molecular complexity index is 1150. The number of carbonyl (C=O) groups excluding carboxylic acids is 1. The van der Waals surface area contributed by atoms with E-state index in [0.29, 0.717) is 46.3 Å². The van der Waals surface area contributed by atoms with Crippen LogP contribution in [0.4, 0.5) is 4.39 Å². The number of ketones is 1. The van der Waals surface area contributed by atoms with Crippen molar-refractivity contribution < 1.29 is 13.9 Å². The molecule has 0 spiro atoms. The number of aryl methyl sites for hydroxylation is 2. The van der Waals surface area contributed by atoms with E-state index in [2.05, 4.69) is 11.6 Å². The number of allylic oxidation sites excluding steroid dienone is 1. The molecule has 0 saturated heterocycles. The molecule has 168 valence electrons. The number of hydrogen-bond donors (Lipinski definition) is 0. The number of benzene rings is 2. The third-order valence-electron chi connectivity index (χ3n) is 6.02. The summed E-state index contributed by atoms with van der Waals surface area (Å²) in [5.74, 6) is -0.0822.